The van der Waals surface area contributed by atoms with E-state index < -0.39 is 0 Å². The number of benzene rings is 2. The molecule has 0 amide bonds. The highest BCUT2D eigenvalue weighted by molar-refractivity contribution is 5.66. The van der Waals surface area contributed by atoms with Gasteiger partial charge >= 0.3 is 0 Å². The van der Waals surface area contributed by atoms with E-state index in [0.29, 0.717) is 29.1 Å². The molecule has 1 aliphatic rings. The summed E-state index contributed by atoms with van der Waals surface area (Å²) < 4.78 is 10.6. The lowest BCUT2D eigenvalue weighted by Crippen LogP contribution is -2.03. The van der Waals surface area contributed by atoms with E-state index in [4.69, 9.17) is 20.0 Å². The fraction of sp³-hybridized carbons (Fsp3) is 0.125. The minimum atomic E-state index is 0.238. The van der Waals surface area contributed by atoms with Gasteiger partial charge in [-0.05, 0) is 29.8 Å². The number of hydrogen-bond donors (Lipinski definition) is 1. The van der Waals surface area contributed by atoms with E-state index in [1.807, 2.05) is 18.2 Å². The van der Waals surface area contributed by atoms with Crippen LogP contribution in [0, 0.1) is 22.7 Å². The molecule has 2 aromatic rings. The molecule has 1 N–H and O–H groups in total. The van der Waals surface area contributed by atoms with Crippen molar-refractivity contribution in [3.63, 3.8) is 0 Å². The van der Waals surface area contributed by atoms with Crippen molar-refractivity contribution in [3.8, 4) is 23.6 Å². The molecule has 0 aromatic heterocycles. The molecule has 21 heavy (non-hydrogen) atoms. The van der Waals surface area contributed by atoms with Gasteiger partial charge in [0.1, 0.15) is 12.1 Å². The first kappa shape index (κ1) is 12.8. The summed E-state index contributed by atoms with van der Waals surface area (Å²) in [4.78, 5) is 0. The van der Waals surface area contributed by atoms with E-state index in [1.54, 1.807) is 18.2 Å². The molecule has 0 radical (unpaired) electrons. The third-order valence-electron chi connectivity index (χ3n) is 3.21. The van der Waals surface area contributed by atoms with Gasteiger partial charge in [-0.1, -0.05) is 12.1 Å². The van der Waals surface area contributed by atoms with Crippen molar-refractivity contribution < 1.29 is 9.47 Å². The zero-order chi connectivity index (χ0) is 14.7. The van der Waals surface area contributed by atoms with Crippen LogP contribution in [-0.4, -0.2) is 6.79 Å². The zero-order valence-electron chi connectivity index (χ0n) is 11.1. The van der Waals surface area contributed by atoms with Crippen molar-refractivity contribution in [3.05, 3.63) is 53.1 Å². The summed E-state index contributed by atoms with van der Waals surface area (Å²) >= 11 is 0. The predicted molar refractivity (Wildman–Crippen MR) is 75.8 cm³/mol. The molecule has 1 heterocycles. The first-order valence-electron chi connectivity index (χ1n) is 6.37. The van der Waals surface area contributed by atoms with Gasteiger partial charge in [0.25, 0.3) is 0 Å². The SMILES string of the molecule is N#Cc1cccc(C#N)c1NCc1ccc2c(c1)OCO2. The third kappa shape index (κ3) is 2.45. The van der Waals surface area contributed by atoms with Crippen LogP contribution in [0.3, 0.4) is 0 Å². The minimum absolute atomic E-state index is 0.238. The number of nitrogens with zero attached hydrogens (tertiary/aromatic N) is 2. The lowest BCUT2D eigenvalue weighted by atomic mass is 10.1. The fourth-order valence-electron chi connectivity index (χ4n) is 2.17. The van der Waals surface area contributed by atoms with Gasteiger partial charge in [0.05, 0.1) is 16.8 Å². The van der Waals surface area contributed by atoms with Crippen LogP contribution in [0.1, 0.15) is 16.7 Å². The number of anilines is 1. The zero-order valence-corrected chi connectivity index (χ0v) is 11.1. The van der Waals surface area contributed by atoms with Crippen LogP contribution in [0.15, 0.2) is 36.4 Å². The molecule has 0 saturated carbocycles. The maximum atomic E-state index is 9.13. The summed E-state index contributed by atoms with van der Waals surface area (Å²) in [5.41, 5.74) is 2.45. The van der Waals surface area contributed by atoms with Crippen molar-refractivity contribution in [2.45, 2.75) is 6.54 Å². The maximum Gasteiger partial charge on any atom is 0.231 e. The molecule has 0 saturated heterocycles. The number of fused-ring (bicyclic) bond motifs is 1. The Morgan fingerprint density at radius 1 is 1.00 bits per heavy atom. The number of ether oxygens (including phenoxy) is 2. The van der Waals surface area contributed by atoms with Crippen molar-refractivity contribution in [1.82, 2.24) is 0 Å². The summed E-state index contributed by atoms with van der Waals surface area (Å²) in [5, 5.41) is 21.4. The highest BCUT2D eigenvalue weighted by Crippen LogP contribution is 2.32. The highest BCUT2D eigenvalue weighted by atomic mass is 16.7. The second kappa shape index (κ2) is 5.44. The molecule has 5 nitrogen and oxygen atoms in total. The Bertz CT molecular complexity index is 740. The standard InChI is InChI=1S/C16H11N3O2/c17-7-12-2-1-3-13(8-18)16(12)19-9-11-4-5-14-15(6-11)21-10-20-14/h1-6,19H,9-10H2. The van der Waals surface area contributed by atoms with E-state index in [1.165, 1.54) is 0 Å². The molecule has 0 atom stereocenters. The number of nitriles is 2. The second-order valence-electron chi connectivity index (χ2n) is 4.49. The summed E-state index contributed by atoms with van der Waals surface area (Å²) in [5.74, 6) is 1.44. The average Bonchev–Trinajstić information content (AvgIpc) is 3.00. The second-order valence-corrected chi connectivity index (χ2v) is 4.49. The monoisotopic (exact) mass is 277 g/mol. The Hall–Kier alpha value is -3.18. The van der Waals surface area contributed by atoms with Crippen LogP contribution in [0.4, 0.5) is 5.69 Å². The molecule has 0 aliphatic carbocycles. The number of para-hydroxylation sites is 1. The van der Waals surface area contributed by atoms with Crippen LogP contribution in [0.5, 0.6) is 11.5 Å². The number of hydrogen-bond acceptors (Lipinski definition) is 5. The first-order chi connectivity index (χ1) is 10.3. The van der Waals surface area contributed by atoms with E-state index >= 15 is 0 Å². The highest BCUT2D eigenvalue weighted by Gasteiger charge is 2.13. The Kier molecular flexibility index (Phi) is 3.32. The van der Waals surface area contributed by atoms with Gasteiger partial charge < -0.3 is 14.8 Å². The Labute approximate surface area is 122 Å². The van der Waals surface area contributed by atoms with Crippen LogP contribution in [-0.2, 0) is 6.54 Å². The Morgan fingerprint density at radius 3 is 2.43 bits per heavy atom. The van der Waals surface area contributed by atoms with Crippen molar-refractivity contribution >= 4 is 5.69 Å². The Balaban J connectivity index is 1.83. The normalized spacial score (nSPS) is 11.5. The first-order valence-corrected chi connectivity index (χ1v) is 6.37. The maximum absolute atomic E-state index is 9.13. The van der Waals surface area contributed by atoms with Crippen LogP contribution in [0.2, 0.25) is 0 Å². The van der Waals surface area contributed by atoms with Gasteiger partial charge in [0.2, 0.25) is 6.79 Å². The van der Waals surface area contributed by atoms with E-state index in [0.717, 1.165) is 11.3 Å². The summed E-state index contributed by atoms with van der Waals surface area (Å²) in [6.45, 7) is 0.728. The largest absolute Gasteiger partial charge is 0.454 e. The van der Waals surface area contributed by atoms with Crippen molar-refractivity contribution in [2.75, 3.05) is 12.1 Å². The number of nitrogens with one attached hydrogen (secondary N) is 1. The predicted octanol–water partition coefficient (Wildman–Crippen LogP) is 2.77. The lowest BCUT2D eigenvalue weighted by molar-refractivity contribution is 0.174. The van der Waals surface area contributed by atoms with Crippen molar-refractivity contribution in [2.24, 2.45) is 0 Å². The molecule has 0 fully saturated rings. The Morgan fingerprint density at radius 2 is 1.71 bits per heavy atom. The van der Waals surface area contributed by atoms with Gasteiger partial charge in [-0.2, -0.15) is 10.5 Å². The van der Waals surface area contributed by atoms with Crippen LogP contribution >= 0.6 is 0 Å². The fourth-order valence-corrected chi connectivity index (χ4v) is 2.17. The lowest BCUT2D eigenvalue weighted by Gasteiger charge is -2.10. The molecule has 2 aromatic carbocycles. The van der Waals surface area contributed by atoms with E-state index in [9.17, 15) is 0 Å². The van der Waals surface area contributed by atoms with Gasteiger partial charge in [-0.25, -0.2) is 0 Å². The molecule has 5 heteroatoms. The molecule has 0 bridgehead atoms. The van der Waals surface area contributed by atoms with Crippen molar-refractivity contribution in [1.29, 1.82) is 10.5 Å². The molecular formula is C16H11N3O2. The topological polar surface area (TPSA) is 78.1 Å². The van der Waals surface area contributed by atoms with Crippen LogP contribution in [0.25, 0.3) is 0 Å². The summed E-state index contributed by atoms with van der Waals surface area (Å²) in [7, 11) is 0. The molecule has 0 spiro atoms. The smallest absolute Gasteiger partial charge is 0.231 e. The number of rotatable bonds is 3. The van der Waals surface area contributed by atoms with Gasteiger partial charge in [0.15, 0.2) is 11.5 Å². The molecule has 102 valence electrons. The summed E-state index contributed by atoms with van der Waals surface area (Å²) in [6.07, 6.45) is 0. The average molecular weight is 277 g/mol. The van der Waals surface area contributed by atoms with E-state index in [2.05, 4.69) is 17.5 Å². The third-order valence-corrected chi connectivity index (χ3v) is 3.21. The quantitative estimate of drug-likeness (QED) is 0.933. The molecule has 1 aliphatic heterocycles. The van der Waals surface area contributed by atoms with Gasteiger partial charge in [0, 0.05) is 6.54 Å². The van der Waals surface area contributed by atoms with Crippen LogP contribution < -0.4 is 14.8 Å². The van der Waals surface area contributed by atoms with E-state index in [-0.39, 0.29) is 6.79 Å². The molecule has 0 unspecified atom stereocenters. The molecule has 3 rings (SSSR count). The minimum Gasteiger partial charge on any atom is -0.454 e. The van der Waals surface area contributed by atoms with Gasteiger partial charge in [-0.3, -0.25) is 0 Å². The molecular weight excluding hydrogens is 266 g/mol. The van der Waals surface area contributed by atoms with Gasteiger partial charge in [-0.15, -0.1) is 0 Å². The summed E-state index contributed by atoms with van der Waals surface area (Å²) in [6, 6.07) is 14.9.